The Morgan fingerprint density at radius 3 is 2.93 bits per heavy atom. The third-order valence-corrected chi connectivity index (χ3v) is 2.23. The van der Waals surface area contributed by atoms with Crippen LogP contribution < -0.4 is 4.74 Å². The minimum absolute atomic E-state index is 0.705. The molecule has 0 radical (unpaired) electrons. The van der Waals surface area contributed by atoms with Crippen LogP contribution in [0.5, 0.6) is 5.75 Å². The molecule has 0 bridgehead atoms. The number of furan rings is 1. The Balaban J connectivity index is 2.02. The average Bonchev–Trinajstić information content (AvgIpc) is 2.64. The van der Waals surface area contributed by atoms with Gasteiger partial charge in [0.2, 0.25) is 0 Å². The molecule has 0 aliphatic heterocycles. The molecule has 3 heteroatoms. The topological polar surface area (TPSA) is 25.6 Å². The molecule has 0 unspecified atom stereocenters. The maximum Gasteiger partial charge on any atom is 0.134 e. The summed E-state index contributed by atoms with van der Waals surface area (Å²) >= 11 is 0. The van der Waals surface area contributed by atoms with Gasteiger partial charge in [-0.2, -0.15) is 0 Å². The Hall–Kier alpha value is -1.48. The second-order valence-corrected chi connectivity index (χ2v) is 3.77. The maximum absolute atomic E-state index is 5.61. The quantitative estimate of drug-likeness (QED) is 0.766. The number of rotatable bonds is 4. The van der Waals surface area contributed by atoms with E-state index >= 15 is 0 Å². The van der Waals surface area contributed by atoms with Crippen LogP contribution >= 0.6 is 0 Å². The summed E-state index contributed by atoms with van der Waals surface area (Å²) in [6.07, 6.45) is 1.69. The normalized spacial score (nSPS) is 11.1. The first-order valence-corrected chi connectivity index (χ1v) is 5.00. The molecule has 0 amide bonds. The lowest BCUT2D eigenvalue weighted by atomic mass is 10.2. The van der Waals surface area contributed by atoms with Gasteiger partial charge in [-0.3, -0.25) is 0 Å². The average molecular weight is 205 g/mol. The molecule has 3 nitrogen and oxygen atoms in total. The first kappa shape index (κ1) is 10.1. The van der Waals surface area contributed by atoms with E-state index in [1.165, 1.54) is 0 Å². The van der Waals surface area contributed by atoms with Gasteiger partial charge in [-0.1, -0.05) is 0 Å². The van der Waals surface area contributed by atoms with Gasteiger partial charge in [-0.25, -0.2) is 0 Å². The highest BCUT2D eigenvalue weighted by Crippen LogP contribution is 2.21. The molecule has 0 aliphatic rings. The molecule has 0 saturated heterocycles. The molecule has 15 heavy (non-hydrogen) atoms. The first-order chi connectivity index (χ1) is 7.25. The van der Waals surface area contributed by atoms with Crippen molar-refractivity contribution in [1.29, 1.82) is 0 Å². The molecular weight excluding hydrogens is 190 g/mol. The minimum Gasteiger partial charge on any atom is -0.492 e. The Kier molecular flexibility index (Phi) is 2.92. The molecule has 2 aromatic rings. The van der Waals surface area contributed by atoms with Crippen LogP contribution in [-0.2, 0) is 0 Å². The SMILES string of the molecule is CN(C)CCOc1ccc2occc2c1. The van der Waals surface area contributed by atoms with Crippen molar-refractivity contribution < 1.29 is 9.15 Å². The van der Waals surface area contributed by atoms with Crippen molar-refractivity contribution in [3.63, 3.8) is 0 Å². The highest BCUT2D eigenvalue weighted by atomic mass is 16.5. The van der Waals surface area contributed by atoms with Crippen LogP contribution in [0.1, 0.15) is 0 Å². The zero-order chi connectivity index (χ0) is 10.7. The predicted molar refractivity (Wildman–Crippen MR) is 60.3 cm³/mol. The van der Waals surface area contributed by atoms with Crippen molar-refractivity contribution >= 4 is 11.0 Å². The van der Waals surface area contributed by atoms with Gasteiger partial charge >= 0.3 is 0 Å². The number of likely N-dealkylation sites (N-methyl/N-ethyl adjacent to an activating group) is 1. The molecule has 1 heterocycles. The van der Waals surface area contributed by atoms with Gasteiger partial charge in [-0.05, 0) is 38.4 Å². The van der Waals surface area contributed by atoms with Crippen molar-refractivity contribution in [2.45, 2.75) is 0 Å². The molecular formula is C12H15NO2. The molecule has 0 fully saturated rings. The number of hydrogen-bond donors (Lipinski definition) is 0. The second kappa shape index (κ2) is 4.36. The Morgan fingerprint density at radius 2 is 2.13 bits per heavy atom. The summed E-state index contributed by atoms with van der Waals surface area (Å²) in [6.45, 7) is 1.62. The molecule has 2 rings (SSSR count). The van der Waals surface area contributed by atoms with E-state index in [1.54, 1.807) is 6.26 Å². The third-order valence-electron chi connectivity index (χ3n) is 2.23. The van der Waals surface area contributed by atoms with Crippen LogP contribution in [0.2, 0.25) is 0 Å². The lowest BCUT2D eigenvalue weighted by Gasteiger charge is -2.10. The van der Waals surface area contributed by atoms with E-state index in [2.05, 4.69) is 4.90 Å². The lowest BCUT2D eigenvalue weighted by molar-refractivity contribution is 0.261. The van der Waals surface area contributed by atoms with E-state index in [0.29, 0.717) is 6.61 Å². The zero-order valence-electron chi connectivity index (χ0n) is 9.06. The molecule has 1 aromatic heterocycles. The number of nitrogens with zero attached hydrogens (tertiary/aromatic N) is 1. The van der Waals surface area contributed by atoms with Crippen molar-refractivity contribution in [3.05, 3.63) is 30.5 Å². The predicted octanol–water partition coefficient (Wildman–Crippen LogP) is 2.37. The van der Waals surface area contributed by atoms with E-state index in [0.717, 1.165) is 23.3 Å². The van der Waals surface area contributed by atoms with Crippen LogP contribution in [0.25, 0.3) is 11.0 Å². The van der Waals surface area contributed by atoms with Gasteiger partial charge < -0.3 is 14.1 Å². The standard InChI is InChI=1S/C12H15NO2/c1-13(2)6-8-14-11-3-4-12-10(9-11)5-7-15-12/h3-5,7,9H,6,8H2,1-2H3. The third kappa shape index (κ3) is 2.50. The van der Waals surface area contributed by atoms with Crippen LogP contribution in [0.15, 0.2) is 34.9 Å². The smallest absolute Gasteiger partial charge is 0.134 e. The monoisotopic (exact) mass is 205 g/mol. The summed E-state index contributed by atoms with van der Waals surface area (Å²) in [7, 11) is 4.06. The highest BCUT2D eigenvalue weighted by Gasteiger charge is 1.99. The number of hydrogen-bond acceptors (Lipinski definition) is 3. The van der Waals surface area contributed by atoms with E-state index in [4.69, 9.17) is 9.15 Å². The summed E-state index contributed by atoms with van der Waals surface area (Å²) in [5.74, 6) is 0.894. The van der Waals surface area contributed by atoms with Gasteiger partial charge in [-0.15, -0.1) is 0 Å². The molecule has 1 aromatic carbocycles. The fourth-order valence-electron chi connectivity index (χ4n) is 1.38. The largest absolute Gasteiger partial charge is 0.492 e. The molecule has 0 spiro atoms. The summed E-state index contributed by atoms with van der Waals surface area (Å²) in [5.41, 5.74) is 0.898. The first-order valence-electron chi connectivity index (χ1n) is 5.00. The highest BCUT2D eigenvalue weighted by molar-refractivity contribution is 5.78. The fourth-order valence-corrected chi connectivity index (χ4v) is 1.38. The van der Waals surface area contributed by atoms with Gasteiger partial charge in [0.15, 0.2) is 0 Å². The van der Waals surface area contributed by atoms with E-state index in [9.17, 15) is 0 Å². The molecule has 0 N–H and O–H groups in total. The van der Waals surface area contributed by atoms with Crippen LogP contribution in [0, 0.1) is 0 Å². The van der Waals surface area contributed by atoms with Crippen LogP contribution in [-0.4, -0.2) is 32.1 Å². The lowest BCUT2D eigenvalue weighted by Crippen LogP contribution is -2.19. The van der Waals surface area contributed by atoms with Crippen molar-refractivity contribution in [2.24, 2.45) is 0 Å². The molecule has 0 aliphatic carbocycles. The van der Waals surface area contributed by atoms with E-state index in [-0.39, 0.29) is 0 Å². The second-order valence-electron chi connectivity index (χ2n) is 3.77. The summed E-state index contributed by atoms with van der Waals surface area (Å²) in [5, 5.41) is 1.08. The van der Waals surface area contributed by atoms with E-state index < -0.39 is 0 Å². The van der Waals surface area contributed by atoms with Crippen molar-refractivity contribution in [2.75, 3.05) is 27.2 Å². The van der Waals surface area contributed by atoms with Gasteiger partial charge in [0.1, 0.15) is 17.9 Å². The van der Waals surface area contributed by atoms with E-state index in [1.807, 2.05) is 38.4 Å². The van der Waals surface area contributed by atoms with Gasteiger partial charge in [0.25, 0.3) is 0 Å². The van der Waals surface area contributed by atoms with Crippen molar-refractivity contribution in [1.82, 2.24) is 4.90 Å². The Bertz CT molecular complexity index is 434. The van der Waals surface area contributed by atoms with Crippen molar-refractivity contribution in [3.8, 4) is 5.75 Å². The maximum atomic E-state index is 5.61. The summed E-state index contributed by atoms with van der Waals surface area (Å²) < 4.78 is 10.9. The number of fused-ring (bicyclic) bond motifs is 1. The van der Waals surface area contributed by atoms with Crippen LogP contribution in [0.4, 0.5) is 0 Å². The van der Waals surface area contributed by atoms with Gasteiger partial charge in [0, 0.05) is 11.9 Å². The molecule has 0 atom stereocenters. The fraction of sp³-hybridized carbons (Fsp3) is 0.333. The summed E-state index contributed by atoms with van der Waals surface area (Å²) in [6, 6.07) is 7.80. The zero-order valence-corrected chi connectivity index (χ0v) is 9.06. The van der Waals surface area contributed by atoms with Gasteiger partial charge in [0.05, 0.1) is 6.26 Å². The number of benzene rings is 1. The summed E-state index contributed by atoms with van der Waals surface area (Å²) in [4.78, 5) is 2.09. The van der Waals surface area contributed by atoms with Crippen LogP contribution in [0.3, 0.4) is 0 Å². The minimum atomic E-state index is 0.705. The Morgan fingerprint density at radius 1 is 1.27 bits per heavy atom. The Labute approximate surface area is 89.2 Å². The molecule has 0 saturated carbocycles. The number of ether oxygens (including phenoxy) is 1. The molecule has 80 valence electrons.